The third-order valence-electron chi connectivity index (χ3n) is 4.53. The number of ether oxygens (including phenoxy) is 1. The largest absolute Gasteiger partial charge is 0.483 e. The molecular weight excluding hydrogens is 316 g/mol. The van der Waals surface area contributed by atoms with Gasteiger partial charge in [0.15, 0.2) is 0 Å². The number of carbonyl (C=O) groups is 1. The Labute approximate surface area is 149 Å². The molecule has 136 valence electrons. The summed E-state index contributed by atoms with van der Waals surface area (Å²) in [6.07, 6.45) is 13.4. The van der Waals surface area contributed by atoms with Crippen LogP contribution < -0.4 is 10.6 Å². The van der Waals surface area contributed by atoms with Gasteiger partial charge in [0.2, 0.25) is 0 Å². The highest BCUT2D eigenvalue weighted by atomic mass is 16.5. The molecule has 0 bridgehead atoms. The van der Waals surface area contributed by atoms with Crippen LogP contribution in [0.4, 0.5) is 0 Å². The minimum absolute atomic E-state index is 0.264. The van der Waals surface area contributed by atoms with Gasteiger partial charge >= 0.3 is 5.97 Å². The van der Waals surface area contributed by atoms with E-state index in [2.05, 4.69) is 24.2 Å². The van der Waals surface area contributed by atoms with Gasteiger partial charge in [-0.2, -0.15) is 5.10 Å². The quantitative estimate of drug-likeness (QED) is 0.286. The SMILES string of the molecule is CC1(CCCCCCCCC(=O)O)C=Cc2cc(/C=N\N)ccc2O1. The highest BCUT2D eigenvalue weighted by molar-refractivity contribution is 5.81. The van der Waals surface area contributed by atoms with Crippen molar-refractivity contribution >= 4 is 18.3 Å². The number of nitrogens with two attached hydrogens (primary N) is 1. The minimum Gasteiger partial charge on any atom is -0.483 e. The molecule has 3 N–H and O–H groups in total. The second kappa shape index (κ2) is 9.25. The lowest BCUT2D eigenvalue weighted by Gasteiger charge is -2.32. The monoisotopic (exact) mass is 344 g/mol. The van der Waals surface area contributed by atoms with E-state index in [4.69, 9.17) is 15.7 Å². The van der Waals surface area contributed by atoms with E-state index >= 15 is 0 Å². The fourth-order valence-electron chi connectivity index (χ4n) is 3.10. The number of hydrogen-bond acceptors (Lipinski definition) is 4. The number of hydrazone groups is 1. The fourth-order valence-corrected chi connectivity index (χ4v) is 3.10. The van der Waals surface area contributed by atoms with Crippen LogP contribution in [-0.4, -0.2) is 22.9 Å². The molecule has 0 aliphatic carbocycles. The fraction of sp³-hybridized carbons (Fsp3) is 0.500. The molecule has 2 rings (SSSR count). The molecule has 0 radical (unpaired) electrons. The third-order valence-corrected chi connectivity index (χ3v) is 4.53. The van der Waals surface area contributed by atoms with E-state index in [1.807, 2.05) is 18.2 Å². The molecule has 1 aliphatic heterocycles. The predicted molar refractivity (Wildman–Crippen MR) is 101 cm³/mol. The predicted octanol–water partition coefficient (Wildman–Crippen LogP) is 4.35. The van der Waals surface area contributed by atoms with Gasteiger partial charge in [-0.1, -0.05) is 31.8 Å². The Morgan fingerprint density at radius 2 is 1.96 bits per heavy atom. The van der Waals surface area contributed by atoms with Crippen molar-refractivity contribution in [2.75, 3.05) is 0 Å². The van der Waals surface area contributed by atoms with Crippen molar-refractivity contribution in [3.05, 3.63) is 35.4 Å². The first-order valence-electron chi connectivity index (χ1n) is 9.00. The van der Waals surface area contributed by atoms with Gasteiger partial charge in [0.25, 0.3) is 0 Å². The highest BCUT2D eigenvalue weighted by Gasteiger charge is 2.26. The van der Waals surface area contributed by atoms with Crippen LogP contribution in [0.15, 0.2) is 29.4 Å². The molecular formula is C20H28N2O3. The van der Waals surface area contributed by atoms with Gasteiger partial charge in [0.1, 0.15) is 11.4 Å². The summed E-state index contributed by atoms with van der Waals surface area (Å²) in [5, 5.41) is 12.2. The van der Waals surface area contributed by atoms with E-state index in [0.29, 0.717) is 0 Å². The van der Waals surface area contributed by atoms with Crippen molar-refractivity contribution in [3.8, 4) is 5.75 Å². The summed E-state index contributed by atoms with van der Waals surface area (Å²) < 4.78 is 6.20. The first-order valence-corrected chi connectivity index (χ1v) is 9.00. The Morgan fingerprint density at radius 1 is 1.24 bits per heavy atom. The molecule has 0 fully saturated rings. The first kappa shape index (κ1) is 19.0. The average molecular weight is 344 g/mol. The van der Waals surface area contributed by atoms with Crippen LogP contribution in [0, 0.1) is 0 Å². The van der Waals surface area contributed by atoms with Crippen molar-refractivity contribution in [2.24, 2.45) is 10.9 Å². The summed E-state index contributed by atoms with van der Waals surface area (Å²) in [6.45, 7) is 2.12. The van der Waals surface area contributed by atoms with Gasteiger partial charge in [-0.05, 0) is 56.0 Å². The summed E-state index contributed by atoms with van der Waals surface area (Å²) in [7, 11) is 0. The maximum Gasteiger partial charge on any atom is 0.303 e. The van der Waals surface area contributed by atoms with E-state index in [9.17, 15) is 4.79 Å². The van der Waals surface area contributed by atoms with Crippen LogP contribution in [0.1, 0.15) is 69.4 Å². The standard InChI is InChI=1S/C20H28N2O3/c1-20(12-7-5-3-2-4-6-8-19(23)24)13-11-17-14-16(15-22-21)9-10-18(17)25-20/h9-11,13-15H,2-8,12,21H2,1H3,(H,23,24)/b22-15-. The number of hydrogen-bond donors (Lipinski definition) is 2. The lowest BCUT2D eigenvalue weighted by molar-refractivity contribution is -0.137. The Balaban J connectivity index is 1.72. The molecule has 5 nitrogen and oxygen atoms in total. The molecule has 5 heteroatoms. The van der Waals surface area contributed by atoms with Gasteiger partial charge in [-0.15, -0.1) is 0 Å². The molecule has 1 aliphatic rings. The van der Waals surface area contributed by atoms with E-state index < -0.39 is 5.97 Å². The topological polar surface area (TPSA) is 84.9 Å². The molecule has 1 atom stereocenters. The smallest absolute Gasteiger partial charge is 0.303 e. The van der Waals surface area contributed by atoms with Gasteiger partial charge < -0.3 is 15.7 Å². The maximum absolute atomic E-state index is 10.5. The molecule has 25 heavy (non-hydrogen) atoms. The van der Waals surface area contributed by atoms with Gasteiger partial charge in [-0.25, -0.2) is 0 Å². The number of fused-ring (bicyclic) bond motifs is 1. The summed E-state index contributed by atoms with van der Waals surface area (Å²) in [4.78, 5) is 10.5. The zero-order valence-electron chi connectivity index (χ0n) is 14.9. The zero-order valence-corrected chi connectivity index (χ0v) is 14.9. The molecule has 0 aromatic heterocycles. The molecule has 1 heterocycles. The van der Waals surface area contributed by atoms with E-state index in [1.165, 1.54) is 0 Å². The average Bonchev–Trinajstić information content (AvgIpc) is 2.57. The van der Waals surface area contributed by atoms with Gasteiger partial charge in [0, 0.05) is 12.0 Å². The summed E-state index contributed by atoms with van der Waals surface area (Å²) >= 11 is 0. The van der Waals surface area contributed by atoms with Gasteiger partial charge in [-0.3, -0.25) is 4.79 Å². The minimum atomic E-state index is -0.697. The van der Waals surface area contributed by atoms with Crippen LogP contribution in [0.25, 0.3) is 6.08 Å². The molecule has 1 aromatic rings. The molecule has 0 spiro atoms. The Morgan fingerprint density at radius 3 is 2.68 bits per heavy atom. The molecule has 0 saturated heterocycles. The molecule has 1 unspecified atom stereocenters. The van der Waals surface area contributed by atoms with Crippen molar-refractivity contribution in [1.29, 1.82) is 0 Å². The molecule has 0 amide bonds. The Bertz CT molecular complexity index is 640. The Hall–Kier alpha value is -2.30. The number of rotatable bonds is 10. The van der Waals surface area contributed by atoms with Crippen LogP contribution in [0.3, 0.4) is 0 Å². The normalized spacial score (nSPS) is 18.9. The first-order chi connectivity index (χ1) is 12.0. The van der Waals surface area contributed by atoms with Crippen LogP contribution in [-0.2, 0) is 4.79 Å². The van der Waals surface area contributed by atoms with Crippen molar-refractivity contribution in [1.82, 2.24) is 0 Å². The number of aliphatic carboxylic acids is 1. The third kappa shape index (κ3) is 6.25. The number of benzene rings is 1. The number of carboxylic acids is 1. The lowest BCUT2D eigenvalue weighted by Crippen LogP contribution is -2.31. The Kier molecular flexibility index (Phi) is 7.04. The van der Waals surface area contributed by atoms with Crippen LogP contribution >= 0.6 is 0 Å². The summed E-state index contributed by atoms with van der Waals surface area (Å²) in [5.41, 5.74) is 1.74. The van der Waals surface area contributed by atoms with E-state index in [0.717, 1.165) is 61.8 Å². The maximum atomic E-state index is 10.5. The molecule has 0 saturated carbocycles. The van der Waals surface area contributed by atoms with E-state index in [1.54, 1.807) is 6.21 Å². The number of unbranched alkanes of at least 4 members (excludes halogenated alkanes) is 5. The van der Waals surface area contributed by atoms with Crippen molar-refractivity contribution in [3.63, 3.8) is 0 Å². The van der Waals surface area contributed by atoms with Gasteiger partial charge in [0.05, 0.1) is 6.21 Å². The molecule has 1 aromatic carbocycles. The zero-order chi connectivity index (χ0) is 18.1. The lowest BCUT2D eigenvalue weighted by atomic mass is 9.93. The van der Waals surface area contributed by atoms with Crippen LogP contribution in [0.5, 0.6) is 5.75 Å². The summed E-state index contributed by atoms with van der Waals surface area (Å²) in [5.74, 6) is 5.39. The van der Waals surface area contributed by atoms with E-state index in [-0.39, 0.29) is 12.0 Å². The second-order valence-electron chi connectivity index (χ2n) is 6.84. The number of nitrogens with zero attached hydrogens (tertiary/aromatic N) is 1. The van der Waals surface area contributed by atoms with Crippen molar-refractivity contribution < 1.29 is 14.6 Å². The van der Waals surface area contributed by atoms with Crippen molar-refractivity contribution in [2.45, 2.75) is 63.9 Å². The number of carboxylic acid groups (broad SMARTS) is 1. The summed E-state index contributed by atoms with van der Waals surface area (Å²) in [6, 6.07) is 5.93. The van der Waals surface area contributed by atoms with Crippen LogP contribution in [0.2, 0.25) is 0 Å². The highest BCUT2D eigenvalue weighted by Crippen LogP contribution is 2.34. The second-order valence-corrected chi connectivity index (χ2v) is 6.84.